The van der Waals surface area contributed by atoms with Gasteiger partial charge < -0.3 is 0 Å². The smallest absolute Gasteiger partial charge is 0.150 e. The molecule has 1 atom stereocenters. The van der Waals surface area contributed by atoms with Crippen LogP contribution in [0.4, 0.5) is 0 Å². The minimum Gasteiger partial charge on any atom is -0.298 e. The third-order valence-electron chi connectivity index (χ3n) is 3.01. The summed E-state index contributed by atoms with van der Waals surface area (Å²) < 4.78 is 0. The molecule has 1 saturated carbocycles. The van der Waals surface area contributed by atoms with Crippen molar-refractivity contribution in [2.75, 3.05) is 6.54 Å². The van der Waals surface area contributed by atoms with E-state index in [0.29, 0.717) is 5.78 Å². The molecular weight excluding hydrogens is 150 g/mol. The number of carbonyl (C=O) groups excluding carboxylic acids is 1. The van der Waals surface area contributed by atoms with Crippen LogP contribution in [0.5, 0.6) is 0 Å². The van der Waals surface area contributed by atoms with Crippen molar-refractivity contribution in [3.63, 3.8) is 0 Å². The fourth-order valence-corrected chi connectivity index (χ4v) is 2.25. The lowest BCUT2D eigenvalue weighted by Crippen LogP contribution is -2.46. The van der Waals surface area contributed by atoms with Crippen molar-refractivity contribution in [2.45, 2.75) is 51.1 Å². The quantitative estimate of drug-likeness (QED) is 0.622. The van der Waals surface area contributed by atoms with E-state index in [2.05, 4.69) is 11.8 Å². The molecule has 2 aliphatic rings. The van der Waals surface area contributed by atoms with Crippen LogP contribution >= 0.6 is 0 Å². The van der Waals surface area contributed by atoms with Gasteiger partial charge in [0.05, 0.1) is 6.04 Å². The van der Waals surface area contributed by atoms with Gasteiger partial charge in [-0.1, -0.05) is 6.92 Å². The first-order valence-electron chi connectivity index (χ1n) is 5.11. The lowest BCUT2D eigenvalue weighted by atomic mass is 9.98. The zero-order valence-corrected chi connectivity index (χ0v) is 7.75. The van der Waals surface area contributed by atoms with Gasteiger partial charge in [0.2, 0.25) is 0 Å². The first-order valence-corrected chi connectivity index (χ1v) is 5.11. The molecule has 1 unspecified atom stereocenters. The van der Waals surface area contributed by atoms with E-state index in [4.69, 9.17) is 0 Å². The molecule has 0 aromatic rings. The Morgan fingerprint density at radius 1 is 1.50 bits per heavy atom. The van der Waals surface area contributed by atoms with Crippen LogP contribution in [0.3, 0.4) is 0 Å². The molecule has 1 saturated heterocycles. The van der Waals surface area contributed by atoms with Gasteiger partial charge in [-0.25, -0.2) is 0 Å². The van der Waals surface area contributed by atoms with Crippen molar-refractivity contribution in [2.24, 2.45) is 0 Å². The van der Waals surface area contributed by atoms with Gasteiger partial charge in [0.25, 0.3) is 0 Å². The molecular formula is C10H17NO. The van der Waals surface area contributed by atoms with Crippen molar-refractivity contribution in [1.29, 1.82) is 0 Å². The molecule has 2 heteroatoms. The van der Waals surface area contributed by atoms with E-state index in [1.54, 1.807) is 0 Å². The van der Waals surface area contributed by atoms with E-state index in [0.717, 1.165) is 31.8 Å². The molecule has 1 aliphatic heterocycles. The number of ketones is 1. The Bertz CT molecular complexity index is 186. The lowest BCUT2D eigenvalue weighted by Gasteiger charge is -2.33. The molecule has 2 nitrogen and oxygen atoms in total. The standard InChI is InChI=1S/C10H17NO/c1-2-9-10(12)4-3-7-11(9)8-5-6-8/h8-9H,2-7H2,1H3. The van der Waals surface area contributed by atoms with Crippen LogP contribution in [0.2, 0.25) is 0 Å². The summed E-state index contributed by atoms with van der Waals surface area (Å²) in [4.78, 5) is 14.0. The predicted molar refractivity (Wildman–Crippen MR) is 48.0 cm³/mol. The van der Waals surface area contributed by atoms with Gasteiger partial charge in [-0.05, 0) is 32.2 Å². The summed E-state index contributed by atoms with van der Waals surface area (Å²) in [5.41, 5.74) is 0. The third kappa shape index (κ3) is 1.40. The Kier molecular flexibility index (Phi) is 2.18. The molecule has 1 heterocycles. The highest BCUT2D eigenvalue weighted by atomic mass is 16.1. The first-order chi connectivity index (χ1) is 5.83. The molecule has 0 aromatic carbocycles. The topological polar surface area (TPSA) is 20.3 Å². The summed E-state index contributed by atoms with van der Waals surface area (Å²) >= 11 is 0. The normalized spacial score (nSPS) is 32.4. The van der Waals surface area contributed by atoms with E-state index >= 15 is 0 Å². The van der Waals surface area contributed by atoms with Gasteiger partial charge >= 0.3 is 0 Å². The number of Topliss-reactive ketones (excluding diaryl/α,β-unsaturated/α-hetero) is 1. The van der Waals surface area contributed by atoms with Crippen LogP contribution in [0.25, 0.3) is 0 Å². The molecule has 0 aromatic heterocycles. The molecule has 0 bridgehead atoms. The van der Waals surface area contributed by atoms with Crippen molar-refractivity contribution in [1.82, 2.24) is 4.90 Å². The molecule has 0 N–H and O–H groups in total. The van der Waals surface area contributed by atoms with Crippen LogP contribution in [-0.2, 0) is 4.79 Å². The summed E-state index contributed by atoms with van der Waals surface area (Å²) in [5, 5.41) is 0. The van der Waals surface area contributed by atoms with E-state index < -0.39 is 0 Å². The number of likely N-dealkylation sites (tertiary alicyclic amines) is 1. The summed E-state index contributed by atoms with van der Waals surface area (Å²) in [7, 11) is 0. The minimum atomic E-state index is 0.270. The molecule has 0 spiro atoms. The highest BCUT2D eigenvalue weighted by Crippen LogP contribution is 2.32. The SMILES string of the molecule is CCC1C(=O)CCCN1C1CC1. The molecule has 2 rings (SSSR count). The Morgan fingerprint density at radius 3 is 2.83 bits per heavy atom. The second-order valence-corrected chi connectivity index (χ2v) is 3.96. The third-order valence-corrected chi connectivity index (χ3v) is 3.01. The average Bonchev–Trinajstić information content (AvgIpc) is 2.86. The summed E-state index contributed by atoms with van der Waals surface area (Å²) in [6.45, 7) is 3.29. The van der Waals surface area contributed by atoms with Crippen LogP contribution in [-0.4, -0.2) is 29.3 Å². The molecule has 2 fully saturated rings. The van der Waals surface area contributed by atoms with Crippen molar-refractivity contribution in [3.05, 3.63) is 0 Å². The monoisotopic (exact) mass is 167 g/mol. The maximum atomic E-state index is 11.5. The Labute approximate surface area is 73.9 Å². The van der Waals surface area contributed by atoms with Gasteiger partial charge in [-0.3, -0.25) is 9.69 Å². The Balaban J connectivity index is 2.03. The average molecular weight is 167 g/mol. The van der Waals surface area contributed by atoms with E-state index in [9.17, 15) is 4.79 Å². The number of carbonyl (C=O) groups is 1. The van der Waals surface area contributed by atoms with E-state index in [1.165, 1.54) is 12.8 Å². The van der Waals surface area contributed by atoms with Crippen molar-refractivity contribution in [3.8, 4) is 0 Å². The summed E-state index contributed by atoms with van der Waals surface area (Å²) in [5.74, 6) is 0.482. The number of nitrogens with zero attached hydrogens (tertiary/aromatic N) is 1. The molecule has 1 aliphatic carbocycles. The van der Waals surface area contributed by atoms with Crippen LogP contribution < -0.4 is 0 Å². The Hall–Kier alpha value is -0.370. The molecule has 12 heavy (non-hydrogen) atoms. The number of hydrogen-bond acceptors (Lipinski definition) is 2. The molecule has 0 radical (unpaired) electrons. The van der Waals surface area contributed by atoms with Crippen molar-refractivity contribution < 1.29 is 4.79 Å². The molecule has 68 valence electrons. The van der Waals surface area contributed by atoms with Gasteiger partial charge in [-0.15, -0.1) is 0 Å². The number of piperidine rings is 1. The first kappa shape index (κ1) is 8.24. The summed E-state index contributed by atoms with van der Waals surface area (Å²) in [6, 6.07) is 1.03. The zero-order chi connectivity index (χ0) is 8.55. The number of rotatable bonds is 2. The minimum absolute atomic E-state index is 0.270. The maximum Gasteiger partial charge on any atom is 0.150 e. The second-order valence-electron chi connectivity index (χ2n) is 3.96. The van der Waals surface area contributed by atoms with Crippen LogP contribution in [0.15, 0.2) is 0 Å². The Morgan fingerprint density at radius 2 is 2.25 bits per heavy atom. The largest absolute Gasteiger partial charge is 0.298 e. The zero-order valence-electron chi connectivity index (χ0n) is 7.75. The van der Waals surface area contributed by atoms with E-state index in [-0.39, 0.29) is 6.04 Å². The number of hydrogen-bond donors (Lipinski definition) is 0. The van der Waals surface area contributed by atoms with Crippen LogP contribution in [0.1, 0.15) is 39.0 Å². The fraction of sp³-hybridized carbons (Fsp3) is 0.900. The highest BCUT2D eigenvalue weighted by Gasteiger charge is 2.37. The fourth-order valence-electron chi connectivity index (χ4n) is 2.25. The van der Waals surface area contributed by atoms with Crippen LogP contribution in [0, 0.1) is 0 Å². The highest BCUT2D eigenvalue weighted by molar-refractivity contribution is 5.84. The van der Waals surface area contributed by atoms with Crippen molar-refractivity contribution >= 4 is 5.78 Å². The molecule has 0 amide bonds. The summed E-state index contributed by atoms with van der Waals surface area (Å²) in [6.07, 6.45) is 5.57. The van der Waals surface area contributed by atoms with Gasteiger partial charge in [0, 0.05) is 12.5 Å². The second kappa shape index (κ2) is 3.17. The predicted octanol–water partition coefficient (Wildman–Crippen LogP) is 1.59. The van der Waals surface area contributed by atoms with Gasteiger partial charge in [0.1, 0.15) is 5.78 Å². The van der Waals surface area contributed by atoms with E-state index in [1.807, 2.05) is 0 Å². The maximum absolute atomic E-state index is 11.5. The van der Waals surface area contributed by atoms with Gasteiger partial charge in [0.15, 0.2) is 0 Å². The lowest BCUT2D eigenvalue weighted by molar-refractivity contribution is -0.127. The van der Waals surface area contributed by atoms with Gasteiger partial charge in [-0.2, -0.15) is 0 Å².